The Morgan fingerprint density at radius 3 is 2.65 bits per heavy atom. The van der Waals surface area contributed by atoms with E-state index in [1.807, 2.05) is 56.3 Å². The fourth-order valence-corrected chi connectivity index (χ4v) is 2.84. The monoisotopic (exact) mass is 417 g/mol. The first kappa shape index (κ1) is 20.0. The Morgan fingerprint density at radius 2 is 2.00 bits per heavy atom. The van der Waals surface area contributed by atoms with E-state index in [1.165, 1.54) is 6.08 Å². The summed E-state index contributed by atoms with van der Waals surface area (Å²) in [6.45, 7) is 4.46. The second-order valence-electron chi connectivity index (χ2n) is 5.96. The number of carbonyl (C=O) groups is 1. The van der Waals surface area contributed by atoms with Crippen LogP contribution in [0.25, 0.3) is 6.08 Å². The average Bonchev–Trinajstić information content (AvgIpc) is 2.65. The van der Waals surface area contributed by atoms with Crippen LogP contribution in [0.5, 0.6) is 11.5 Å². The molecule has 0 aliphatic rings. The maximum Gasteiger partial charge on any atom is 0.244 e. The van der Waals surface area contributed by atoms with Crippen molar-refractivity contribution in [2.75, 3.05) is 7.11 Å². The first-order valence-electron chi connectivity index (χ1n) is 8.56. The van der Waals surface area contributed by atoms with Gasteiger partial charge in [0.2, 0.25) is 5.91 Å². The van der Waals surface area contributed by atoms with Crippen LogP contribution in [0.3, 0.4) is 0 Å². The normalized spacial score (nSPS) is 12.0. The molecule has 1 amide bonds. The summed E-state index contributed by atoms with van der Waals surface area (Å²) in [7, 11) is 1.60. The highest BCUT2D eigenvalue weighted by molar-refractivity contribution is 9.10. The molecule has 26 heavy (non-hydrogen) atoms. The Balaban J connectivity index is 2.11. The standard InChI is InChI=1S/C21H24BrNO3/c1-4-15(2)23-20(24)11-10-17-12-18(22)21(19(13-17)25-3)26-14-16-8-6-5-7-9-16/h5-13,15H,4,14H2,1-3H3,(H,23,24)/b11-10+. The molecule has 0 bridgehead atoms. The van der Waals surface area contributed by atoms with Crippen molar-refractivity contribution < 1.29 is 14.3 Å². The number of methoxy groups -OCH3 is 1. The second kappa shape index (κ2) is 10.0. The molecule has 0 radical (unpaired) electrons. The van der Waals surface area contributed by atoms with Crippen LogP contribution < -0.4 is 14.8 Å². The van der Waals surface area contributed by atoms with Crippen molar-refractivity contribution in [2.24, 2.45) is 0 Å². The minimum atomic E-state index is -0.112. The lowest BCUT2D eigenvalue weighted by atomic mass is 10.1. The molecule has 0 saturated heterocycles. The Morgan fingerprint density at radius 1 is 1.27 bits per heavy atom. The topological polar surface area (TPSA) is 47.6 Å². The van der Waals surface area contributed by atoms with Crippen molar-refractivity contribution in [1.29, 1.82) is 0 Å². The van der Waals surface area contributed by atoms with Gasteiger partial charge in [-0.3, -0.25) is 4.79 Å². The predicted octanol–water partition coefficient (Wildman–Crippen LogP) is 4.96. The third-order valence-electron chi connectivity index (χ3n) is 3.91. The summed E-state index contributed by atoms with van der Waals surface area (Å²) >= 11 is 3.53. The number of halogens is 1. The summed E-state index contributed by atoms with van der Waals surface area (Å²) in [6, 6.07) is 13.8. The smallest absolute Gasteiger partial charge is 0.244 e. The Hall–Kier alpha value is -2.27. The van der Waals surface area contributed by atoms with Gasteiger partial charge in [0.15, 0.2) is 11.5 Å². The Labute approximate surface area is 163 Å². The minimum absolute atomic E-state index is 0.112. The summed E-state index contributed by atoms with van der Waals surface area (Å²) in [5.74, 6) is 1.13. The maximum atomic E-state index is 11.9. The third-order valence-corrected chi connectivity index (χ3v) is 4.49. The zero-order chi connectivity index (χ0) is 18.9. The lowest BCUT2D eigenvalue weighted by Crippen LogP contribution is -2.30. The molecule has 0 heterocycles. The lowest BCUT2D eigenvalue weighted by molar-refractivity contribution is -0.117. The largest absolute Gasteiger partial charge is 0.493 e. The molecule has 138 valence electrons. The van der Waals surface area contributed by atoms with E-state index < -0.39 is 0 Å². The molecule has 4 nitrogen and oxygen atoms in total. The molecule has 2 aromatic rings. The zero-order valence-corrected chi connectivity index (χ0v) is 16.9. The number of ether oxygens (including phenoxy) is 2. The Kier molecular flexibility index (Phi) is 7.73. The van der Waals surface area contributed by atoms with E-state index in [0.717, 1.165) is 22.0 Å². The second-order valence-corrected chi connectivity index (χ2v) is 6.81. The predicted molar refractivity (Wildman–Crippen MR) is 108 cm³/mol. The van der Waals surface area contributed by atoms with Crippen LogP contribution in [0, 0.1) is 0 Å². The highest BCUT2D eigenvalue weighted by Gasteiger charge is 2.11. The third kappa shape index (κ3) is 5.92. The molecule has 5 heteroatoms. The number of benzene rings is 2. The van der Waals surface area contributed by atoms with Crippen molar-refractivity contribution in [3.05, 3.63) is 64.1 Å². The molecule has 0 saturated carbocycles. The van der Waals surface area contributed by atoms with Gasteiger partial charge in [-0.05, 0) is 58.6 Å². The van der Waals surface area contributed by atoms with Crippen molar-refractivity contribution in [2.45, 2.75) is 32.9 Å². The molecule has 0 fully saturated rings. The molecule has 0 aromatic heterocycles. The fraction of sp³-hybridized carbons (Fsp3) is 0.286. The van der Waals surface area contributed by atoms with Gasteiger partial charge in [-0.1, -0.05) is 37.3 Å². The van der Waals surface area contributed by atoms with Crippen LogP contribution in [-0.4, -0.2) is 19.1 Å². The Bertz CT molecular complexity index is 759. The fourth-order valence-electron chi connectivity index (χ4n) is 2.27. The van der Waals surface area contributed by atoms with E-state index in [1.54, 1.807) is 13.2 Å². The highest BCUT2D eigenvalue weighted by atomic mass is 79.9. The molecule has 1 unspecified atom stereocenters. The highest BCUT2D eigenvalue weighted by Crippen LogP contribution is 2.37. The average molecular weight is 418 g/mol. The molecular weight excluding hydrogens is 394 g/mol. The maximum absolute atomic E-state index is 11.9. The van der Waals surface area contributed by atoms with Crippen LogP contribution in [0.4, 0.5) is 0 Å². The summed E-state index contributed by atoms with van der Waals surface area (Å²) < 4.78 is 12.1. The molecule has 0 spiro atoms. The van der Waals surface area contributed by atoms with Gasteiger partial charge in [0, 0.05) is 12.1 Å². The number of amides is 1. The van der Waals surface area contributed by atoms with Gasteiger partial charge < -0.3 is 14.8 Å². The summed E-state index contributed by atoms with van der Waals surface area (Å²) in [6.07, 6.45) is 4.18. The van der Waals surface area contributed by atoms with Gasteiger partial charge in [0.1, 0.15) is 6.61 Å². The van der Waals surface area contributed by atoms with Gasteiger partial charge >= 0.3 is 0 Å². The molecule has 0 aliphatic carbocycles. The van der Waals surface area contributed by atoms with Gasteiger partial charge in [-0.15, -0.1) is 0 Å². The SMILES string of the molecule is CCC(C)NC(=O)/C=C/c1cc(Br)c(OCc2ccccc2)c(OC)c1. The van der Waals surface area contributed by atoms with Crippen molar-refractivity contribution >= 4 is 27.9 Å². The first-order chi connectivity index (χ1) is 12.5. The van der Waals surface area contributed by atoms with E-state index in [-0.39, 0.29) is 11.9 Å². The zero-order valence-electron chi connectivity index (χ0n) is 15.3. The summed E-state index contributed by atoms with van der Waals surface area (Å²) in [5, 5.41) is 2.90. The quantitative estimate of drug-likeness (QED) is 0.617. The molecule has 0 aliphatic heterocycles. The van der Waals surface area contributed by atoms with Crippen LogP contribution in [0.15, 0.2) is 53.0 Å². The lowest BCUT2D eigenvalue weighted by Gasteiger charge is -2.14. The van der Waals surface area contributed by atoms with Gasteiger partial charge in [0.25, 0.3) is 0 Å². The van der Waals surface area contributed by atoms with E-state index in [9.17, 15) is 4.79 Å². The van der Waals surface area contributed by atoms with E-state index in [0.29, 0.717) is 18.1 Å². The van der Waals surface area contributed by atoms with E-state index in [2.05, 4.69) is 21.2 Å². The van der Waals surface area contributed by atoms with Crippen molar-refractivity contribution in [1.82, 2.24) is 5.32 Å². The number of hydrogen-bond acceptors (Lipinski definition) is 3. The van der Waals surface area contributed by atoms with Crippen molar-refractivity contribution in [3.63, 3.8) is 0 Å². The van der Waals surface area contributed by atoms with Crippen LogP contribution in [0.1, 0.15) is 31.4 Å². The van der Waals surface area contributed by atoms with Crippen LogP contribution in [-0.2, 0) is 11.4 Å². The van der Waals surface area contributed by atoms with E-state index in [4.69, 9.17) is 9.47 Å². The minimum Gasteiger partial charge on any atom is -0.493 e. The number of carbonyl (C=O) groups excluding carboxylic acids is 1. The molecule has 1 N–H and O–H groups in total. The van der Waals surface area contributed by atoms with Gasteiger partial charge in [-0.25, -0.2) is 0 Å². The van der Waals surface area contributed by atoms with E-state index >= 15 is 0 Å². The number of hydrogen-bond donors (Lipinski definition) is 1. The summed E-state index contributed by atoms with van der Waals surface area (Å²) in [4.78, 5) is 11.9. The number of nitrogens with one attached hydrogen (secondary N) is 1. The molecular formula is C21H24BrNO3. The number of rotatable bonds is 8. The molecule has 2 rings (SSSR count). The van der Waals surface area contributed by atoms with Crippen LogP contribution >= 0.6 is 15.9 Å². The van der Waals surface area contributed by atoms with Gasteiger partial charge in [-0.2, -0.15) is 0 Å². The van der Waals surface area contributed by atoms with Gasteiger partial charge in [0.05, 0.1) is 11.6 Å². The van der Waals surface area contributed by atoms with Crippen molar-refractivity contribution in [3.8, 4) is 11.5 Å². The van der Waals surface area contributed by atoms with Crippen LogP contribution in [0.2, 0.25) is 0 Å². The molecule has 2 aromatic carbocycles. The molecule has 1 atom stereocenters. The summed E-state index contributed by atoms with van der Waals surface area (Å²) in [5.41, 5.74) is 1.92. The first-order valence-corrected chi connectivity index (χ1v) is 9.35.